The number of fused-ring (bicyclic) bond motifs is 1. The third-order valence-electron chi connectivity index (χ3n) is 5.27. The third kappa shape index (κ3) is 4.19. The first-order valence-electron chi connectivity index (χ1n) is 10.1. The van der Waals surface area contributed by atoms with Crippen LogP contribution in [0.25, 0.3) is 10.2 Å². The summed E-state index contributed by atoms with van der Waals surface area (Å²) in [5.41, 5.74) is 3.92. The van der Waals surface area contributed by atoms with Crippen molar-refractivity contribution >= 4 is 32.6 Å². The van der Waals surface area contributed by atoms with Crippen LogP contribution in [0.2, 0.25) is 0 Å². The summed E-state index contributed by atoms with van der Waals surface area (Å²) in [6.45, 7) is 11.5. The first kappa shape index (κ1) is 20.0. The zero-order valence-electron chi connectivity index (χ0n) is 17.2. The maximum atomic E-state index is 13.5. The fourth-order valence-corrected chi connectivity index (χ4v) is 4.90. The largest absolute Gasteiger partial charge is 0.379 e. The molecular weight excluding hydrogens is 386 g/mol. The summed E-state index contributed by atoms with van der Waals surface area (Å²) >= 11 is 1.58. The van der Waals surface area contributed by atoms with Gasteiger partial charge in [0.25, 0.3) is 5.91 Å². The molecule has 7 nitrogen and oxygen atoms in total. The molecule has 8 heteroatoms. The highest BCUT2D eigenvalue weighted by molar-refractivity contribution is 7.22. The Hall–Kier alpha value is -2.29. The maximum Gasteiger partial charge on any atom is 0.278 e. The molecule has 0 aliphatic carbocycles. The number of carbonyl (C=O) groups is 1. The van der Waals surface area contributed by atoms with E-state index in [0.717, 1.165) is 53.8 Å². The predicted octanol–water partition coefficient (Wildman–Crippen LogP) is 3.11. The van der Waals surface area contributed by atoms with Crippen LogP contribution < -0.4 is 4.90 Å². The van der Waals surface area contributed by atoms with Gasteiger partial charge in [0.05, 0.1) is 23.4 Å². The summed E-state index contributed by atoms with van der Waals surface area (Å²) in [6.07, 6.45) is 1.68. The average Bonchev–Trinajstić information content (AvgIpc) is 3.35. The first-order chi connectivity index (χ1) is 14.1. The number of thiazole rings is 1. The van der Waals surface area contributed by atoms with Gasteiger partial charge >= 0.3 is 0 Å². The van der Waals surface area contributed by atoms with Crippen molar-refractivity contribution in [3.63, 3.8) is 0 Å². The first-order valence-corrected chi connectivity index (χ1v) is 10.9. The number of ether oxygens (including phenoxy) is 1. The normalized spacial score (nSPS) is 15.1. The van der Waals surface area contributed by atoms with E-state index in [1.54, 1.807) is 28.3 Å². The van der Waals surface area contributed by atoms with E-state index in [4.69, 9.17) is 9.72 Å². The van der Waals surface area contributed by atoms with Crippen LogP contribution in [-0.2, 0) is 11.3 Å². The minimum Gasteiger partial charge on any atom is -0.379 e. The van der Waals surface area contributed by atoms with E-state index in [1.807, 2.05) is 11.8 Å². The van der Waals surface area contributed by atoms with Gasteiger partial charge in [-0.25, -0.2) is 4.98 Å². The van der Waals surface area contributed by atoms with Crippen molar-refractivity contribution in [3.8, 4) is 0 Å². The number of carbonyl (C=O) groups excluding carboxylic acids is 1. The summed E-state index contributed by atoms with van der Waals surface area (Å²) in [4.78, 5) is 22.5. The molecule has 0 saturated carbocycles. The van der Waals surface area contributed by atoms with Gasteiger partial charge in [0, 0.05) is 38.9 Å². The second kappa shape index (κ2) is 8.61. The highest BCUT2D eigenvalue weighted by Crippen LogP contribution is 2.32. The van der Waals surface area contributed by atoms with Gasteiger partial charge in [0.15, 0.2) is 5.13 Å². The van der Waals surface area contributed by atoms with Crippen molar-refractivity contribution in [2.45, 2.75) is 27.3 Å². The Morgan fingerprint density at radius 1 is 1.28 bits per heavy atom. The zero-order valence-corrected chi connectivity index (χ0v) is 18.0. The Morgan fingerprint density at radius 2 is 2.07 bits per heavy atom. The lowest BCUT2D eigenvalue weighted by molar-refractivity contribution is 0.0391. The molecule has 4 rings (SSSR count). The van der Waals surface area contributed by atoms with Gasteiger partial charge < -0.3 is 4.74 Å². The molecule has 0 radical (unpaired) electrons. The van der Waals surface area contributed by atoms with Gasteiger partial charge in [0.2, 0.25) is 0 Å². The van der Waals surface area contributed by atoms with Gasteiger partial charge in [0.1, 0.15) is 5.69 Å². The molecule has 1 aliphatic heterocycles. The lowest BCUT2D eigenvalue weighted by Crippen LogP contribution is -2.43. The van der Waals surface area contributed by atoms with Crippen LogP contribution in [0.5, 0.6) is 0 Å². The number of aryl methyl sites for hydroxylation is 3. The number of rotatable bonds is 6. The lowest BCUT2D eigenvalue weighted by atomic mass is 10.1. The number of hydrogen-bond acceptors (Lipinski definition) is 6. The Kier molecular flexibility index (Phi) is 5.94. The number of hydrogen-bond donors (Lipinski definition) is 0. The van der Waals surface area contributed by atoms with Crippen molar-refractivity contribution in [1.29, 1.82) is 0 Å². The Morgan fingerprint density at radius 3 is 2.83 bits per heavy atom. The molecule has 1 fully saturated rings. The summed E-state index contributed by atoms with van der Waals surface area (Å²) in [6, 6.07) is 6.07. The van der Waals surface area contributed by atoms with Gasteiger partial charge in [-0.2, -0.15) is 5.10 Å². The number of benzene rings is 1. The molecule has 1 aliphatic rings. The molecule has 1 saturated heterocycles. The molecule has 0 atom stereocenters. The van der Waals surface area contributed by atoms with E-state index in [-0.39, 0.29) is 5.91 Å². The molecule has 2 aromatic heterocycles. The summed E-state index contributed by atoms with van der Waals surface area (Å²) < 4.78 is 8.31. The molecule has 3 aromatic rings. The van der Waals surface area contributed by atoms with Crippen molar-refractivity contribution in [2.75, 3.05) is 44.3 Å². The van der Waals surface area contributed by atoms with Gasteiger partial charge in [-0.1, -0.05) is 17.4 Å². The van der Waals surface area contributed by atoms with Gasteiger partial charge in [-0.15, -0.1) is 0 Å². The maximum absolute atomic E-state index is 13.5. The fourth-order valence-electron chi connectivity index (χ4n) is 3.73. The van der Waals surface area contributed by atoms with Crippen molar-refractivity contribution in [2.24, 2.45) is 0 Å². The molecule has 0 N–H and O–H groups in total. The molecule has 0 bridgehead atoms. The second-order valence-electron chi connectivity index (χ2n) is 7.37. The molecule has 0 unspecified atom stereocenters. The van der Waals surface area contributed by atoms with E-state index < -0.39 is 0 Å². The second-order valence-corrected chi connectivity index (χ2v) is 8.38. The van der Waals surface area contributed by atoms with E-state index in [1.165, 1.54) is 5.56 Å². The van der Waals surface area contributed by atoms with Crippen LogP contribution in [0.4, 0.5) is 5.13 Å². The van der Waals surface area contributed by atoms with Crippen LogP contribution in [0.3, 0.4) is 0 Å². The van der Waals surface area contributed by atoms with E-state index in [2.05, 4.69) is 36.0 Å². The van der Waals surface area contributed by atoms with Crippen LogP contribution in [-0.4, -0.2) is 65.0 Å². The third-order valence-corrected chi connectivity index (χ3v) is 6.30. The standard InChI is InChI=1S/C21H27N5O2S/c1-4-26-17(5-6-22-26)20(27)25(8-7-24-9-11-28-12-10-24)21-23-19-16(3)13-15(2)14-18(19)29-21/h5-6,13-14H,4,7-12H2,1-3H3. The van der Waals surface area contributed by atoms with Crippen molar-refractivity contribution < 1.29 is 9.53 Å². The molecule has 1 aromatic carbocycles. The molecule has 1 amide bonds. The minimum absolute atomic E-state index is 0.0500. The van der Waals surface area contributed by atoms with Gasteiger partial charge in [-0.3, -0.25) is 19.3 Å². The quantitative estimate of drug-likeness (QED) is 0.621. The van der Waals surface area contributed by atoms with Gasteiger partial charge in [-0.05, 0) is 44.0 Å². The smallest absolute Gasteiger partial charge is 0.278 e. The van der Waals surface area contributed by atoms with Crippen LogP contribution in [0.1, 0.15) is 28.5 Å². The number of nitrogens with zero attached hydrogens (tertiary/aromatic N) is 5. The van der Waals surface area contributed by atoms with E-state index in [9.17, 15) is 4.79 Å². The lowest BCUT2D eigenvalue weighted by Gasteiger charge is -2.29. The Balaban J connectivity index is 1.67. The highest BCUT2D eigenvalue weighted by atomic mass is 32.1. The highest BCUT2D eigenvalue weighted by Gasteiger charge is 2.25. The monoisotopic (exact) mass is 413 g/mol. The number of anilines is 1. The van der Waals surface area contributed by atoms with Crippen molar-refractivity contribution in [1.82, 2.24) is 19.7 Å². The summed E-state index contributed by atoms with van der Waals surface area (Å²) in [5.74, 6) is -0.0500. The Labute approximate surface area is 174 Å². The molecule has 3 heterocycles. The van der Waals surface area contributed by atoms with E-state index >= 15 is 0 Å². The fraction of sp³-hybridized carbons (Fsp3) is 0.476. The van der Waals surface area contributed by atoms with Crippen molar-refractivity contribution in [3.05, 3.63) is 41.2 Å². The average molecular weight is 414 g/mol. The van der Waals surface area contributed by atoms with Crippen LogP contribution in [0, 0.1) is 13.8 Å². The van der Waals surface area contributed by atoms with Crippen LogP contribution >= 0.6 is 11.3 Å². The SMILES string of the molecule is CCn1nccc1C(=O)N(CCN1CCOCC1)c1nc2c(C)cc(C)cc2s1. The Bertz CT molecular complexity index is 1010. The molecular formula is C21H27N5O2S. The van der Waals surface area contributed by atoms with E-state index in [0.29, 0.717) is 18.8 Å². The number of morpholine rings is 1. The topological polar surface area (TPSA) is 63.5 Å². The molecule has 0 spiro atoms. The molecule has 154 valence electrons. The number of amides is 1. The number of aromatic nitrogens is 3. The zero-order chi connectivity index (χ0) is 20.4. The molecule has 29 heavy (non-hydrogen) atoms. The summed E-state index contributed by atoms with van der Waals surface area (Å²) in [7, 11) is 0. The van der Waals surface area contributed by atoms with Crippen LogP contribution in [0.15, 0.2) is 24.4 Å². The minimum atomic E-state index is -0.0500. The summed E-state index contributed by atoms with van der Waals surface area (Å²) in [5, 5.41) is 5.02. The predicted molar refractivity (Wildman–Crippen MR) is 116 cm³/mol.